The van der Waals surface area contributed by atoms with Crippen molar-refractivity contribution in [3.8, 4) is 0 Å². The molecule has 0 radical (unpaired) electrons. The van der Waals surface area contributed by atoms with Gasteiger partial charge in [-0.25, -0.2) is 0 Å². The SMILES string of the molecule is CCN1CCCC(NC(=O)C2(CN)CCOCC2)C1. The summed E-state index contributed by atoms with van der Waals surface area (Å²) in [6.45, 7) is 7.07. The van der Waals surface area contributed by atoms with Crippen LogP contribution in [0.1, 0.15) is 32.6 Å². The molecule has 2 rings (SSSR count). The van der Waals surface area contributed by atoms with Crippen molar-refractivity contribution < 1.29 is 9.53 Å². The predicted molar refractivity (Wildman–Crippen MR) is 74.8 cm³/mol. The van der Waals surface area contributed by atoms with Crippen molar-refractivity contribution in [1.82, 2.24) is 10.2 Å². The number of likely N-dealkylation sites (N-methyl/N-ethyl adjacent to an activating group) is 1. The van der Waals surface area contributed by atoms with E-state index >= 15 is 0 Å². The van der Waals surface area contributed by atoms with Gasteiger partial charge in [-0.2, -0.15) is 0 Å². The first-order chi connectivity index (χ1) is 9.20. The molecule has 0 saturated carbocycles. The van der Waals surface area contributed by atoms with E-state index in [1.165, 1.54) is 0 Å². The summed E-state index contributed by atoms with van der Waals surface area (Å²) in [5, 5.41) is 3.23. The summed E-state index contributed by atoms with van der Waals surface area (Å²) in [6.07, 6.45) is 3.75. The van der Waals surface area contributed by atoms with Gasteiger partial charge >= 0.3 is 0 Å². The molecule has 110 valence electrons. The number of hydrogen-bond donors (Lipinski definition) is 2. The van der Waals surface area contributed by atoms with E-state index in [0.717, 1.165) is 45.3 Å². The first kappa shape index (κ1) is 14.8. The van der Waals surface area contributed by atoms with Gasteiger partial charge < -0.3 is 20.7 Å². The molecule has 1 unspecified atom stereocenters. The zero-order valence-corrected chi connectivity index (χ0v) is 12.0. The van der Waals surface area contributed by atoms with Crippen LogP contribution < -0.4 is 11.1 Å². The zero-order chi connectivity index (χ0) is 13.7. The molecule has 3 N–H and O–H groups in total. The third-order valence-corrected chi connectivity index (χ3v) is 4.61. The molecule has 5 nitrogen and oxygen atoms in total. The number of carbonyl (C=O) groups is 1. The van der Waals surface area contributed by atoms with Crippen LogP contribution in [0.3, 0.4) is 0 Å². The van der Waals surface area contributed by atoms with Gasteiger partial charge in [0.1, 0.15) is 0 Å². The molecule has 2 heterocycles. The number of rotatable bonds is 4. The molecular formula is C14H27N3O2. The summed E-state index contributed by atoms with van der Waals surface area (Å²) in [4.78, 5) is 14.9. The smallest absolute Gasteiger partial charge is 0.227 e. The highest BCUT2D eigenvalue weighted by Gasteiger charge is 2.39. The standard InChI is InChI=1S/C14H27N3O2/c1-2-17-7-3-4-12(10-17)16-13(18)14(11-15)5-8-19-9-6-14/h12H,2-11,15H2,1H3,(H,16,18). The molecular weight excluding hydrogens is 242 g/mol. The van der Waals surface area contributed by atoms with Crippen LogP contribution >= 0.6 is 0 Å². The van der Waals surface area contributed by atoms with Crippen LogP contribution in [0.4, 0.5) is 0 Å². The van der Waals surface area contributed by atoms with E-state index in [1.54, 1.807) is 0 Å². The molecule has 1 amide bonds. The van der Waals surface area contributed by atoms with Gasteiger partial charge in [-0.15, -0.1) is 0 Å². The molecule has 0 bridgehead atoms. The van der Waals surface area contributed by atoms with Gasteiger partial charge in [0.05, 0.1) is 5.41 Å². The first-order valence-electron chi connectivity index (χ1n) is 7.51. The summed E-state index contributed by atoms with van der Waals surface area (Å²) in [7, 11) is 0. The Hall–Kier alpha value is -0.650. The summed E-state index contributed by atoms with van der Waals surface area (Å²) in [6, 6.07) is 0.285. The van der Waals surface area contributed by atoms with Gasteiger partial charge in [0.15, 0.2) is 0 Å². The fourth-order valence-corrected chi connectivity index (χ4v) is 3.09. The van der Waals surface area contributed by atoms with Crippen molar-refractivity contribution >= 4 is 5.91 Å². The lowest BCUT2D eigenvalue weighted by molar-refractivity contribution is -0.137. The van der Waals surface area contributed by atoms with Gasteiger partial charge in [-0.1, -0.05) is 6.92 Å². The van der Waals surface area contributed by atoms with Gasteiger partial charge in [0, 0.05) is 32.3 Å². The highest BCUT2D eigenvalue weighted by molar-refractivity contribution is 5.83. The van der Waals surface area contributed by atoms with E-state index in [2.05, 4.69) is 17.1 Å². The van der Waals surface area contributed by atoms with Crippen LogP contribution in [-0.2, 0) is 9.53 Å². The molecule has 0 spiro atoms. The molecule has 0 aliphatic carbocycles. The van der Waals surface area contributed by atoms with E-state index in [9.17, 15) is 4.79 Å². The summed E-state index contributed by atoms with van der Waals surface area (Å²) in [5.74, 6) is 0.140. The molecule has 1 atom stereocenters. The second-order valence-corrected chi connectivity index (χ2v) is 5.80. The van der Waals surface area contributed by atoms with Crippen LogP contribution in [0.5, 0.6) is 0 Å². The first-order valence-corrected chi connectivity index (χ1v) is 7.51. The Bertz CT molecular complexity index is 303. The van der Waals surface area contributed by atoms with Crippen molar-refractivity contribution in [2.24, 2.45) is 11.1 Å². The number of nitrogens with zero attached hydrogens (tertiary/aromatic N) is 1. The van der Waals surface area contributed by atoms with E-state index in [-0.39, 0.29) is 11.9 Å². The van der Waals surface area contributed by atoms with Crippen molar-refractivity contribution in [3.63, 3.8) is 0 Å². The number of amides is 1. The minimum absolute atomic E-state index is 0.140. The number of nitrogens with one attached hydrogen (secondary N) is 1. The summed E-state index contributed by atoms with van der Waals surface area (Å²) in [5.41, 5.74) is 5.47. The monoisotopic (exact) mass is 269 g/mol. The Morgan fingerprint density at radius 2 is 2.21 bits per heavy atom. The van der Waals surface area contributed by atoms with Crippen LogP contribution in [0, 0.1) is 5.41 Å². The van der Waals surface area contributed by atoms with Gasteiger partial charge in [-0.3, -0.25) is 4.79 Å². The van der Waals surface area contributed by atoms with Crippen LogP contribution in [0.25, 0.3) is 0 Å². The molecule has 0 aromatic heterocycles. The minimum atomic E-state index is -0.396. The third-order valence-electron chi connectivity index (χ3n) is 4.61. The molecule has 2 fully saturated rings. The van der Waals surface area contributed by atoms with Crippen LogP contribution in [0.2, 0.25) is 0 Å². The number of likely N-dealkylation sites (tertiary alicyclic amines) is 1. The van der Waals surface area contributed by atoms with E-state index in [1.807, 2.05) is 0 Å². The normalized spacial score (nSPS) is 28.0. The second-order valence-electron chi connectivity index (χ2n) is 5.80. The quantitative estimate of drug-likeness (QED) is 0.772. The van der Waals surface area contributed by atoms with E-state index in [0.29, 0.717) is 19.8 Å². The lowest BCUT2D eigenvalue weighted by Crippen LogP contribution is -2.55. The maximum Gasteiger partial charge on any atom is 0.227 e. The van der Waals surface area contributed by atoms with Crippen molar-refractivity contribution in [3.05, 3.63) is 0 Å². The van der Waals surface area contributed by atoms with Gasteiger partial charge in [-0.05, 0) is 38.8 Å². The number of nitrogens with two attached hydrogens (primary N) is 1. The molecule has 2 aliphatic heterocycles. The predicted octanol–water partition coefficient (Wildman–Crippen LogP) is 0.342. The topological polar surface area (TPSA) is 67.6 Å². The summed E-state index contributed by atoms with van der Waals surface area (Å²) >= 11 is 0. The molecule has 19 heavy (non-hydrogen) atoms. The Morgan fingerprint density at radius 3 is 2.84 bits per heavy atom. The van der Waals surface area contributed by atoms with Crippen LogP contribution in [0.15, 0.2) is 0 Å². The maximum atomic E-state index is 12.5. The Morgan fingerprint density at radius 1 is 1.47 bits per heavy atom. The zero-order valence-electron chi connectivity index (χ0n) is 12.0. The fraction of sp³-hybridized carbons (Fsp3) is 0.929. The average Bonchev–Trinajstić information content (AvgIpc) is 2.48. The molecule has 5 heteroatoms. The average molecular weight is 269 g/mol. The minimum Gasteiger partial charge on any atom is -0.381 e. The largest absolute Gasteiger partial charge is 0.381 e. The van der Waals surface area contributed by atoms with Crippen LogP contribution in [-0.4, -0.2) is 56.2 Å². The van der Waals surface area contributed by atoms with Crippen molar-refractivity contribution in [2.45, 2.75) is 38.6 Å². The highest BCUT2D eigenvalue weighted by atomic mass is 16.5. The maximum absolute atomic E-state index is 12.5. The summed E-state index contributed by atoms with van der Waals surface area (Å²) < 4.78 is 5.36. The Labute approximate surface area is 115 Å². The Kier molecular flexibility index (Phi) is 5.19. The number of piperidine rings is 1. The van der Waals surface area contributed by atoms with E-state index < -0.39 is 5.41 Å². The Balaban J connectivity index is 1.91. The lowest BCUT2D eigenvalue weighted by Gasteiger charge is -2.38. The number of carbonyl (C=O) groups excluding carboxylic acids is 1. The van der Waals surface area contributed by atoms with Crippen molar-refractivity contribution in [2.75, 3.05) is 39.4 Å². The van der Waals surface area contributed by atoms with Crippen molar-refractivity contribution in [1.29, 1.82) is 0 Å². The second kappa shape index (κ2) is 6.68. The van der Waals surface area contributed by atoms with E-state index in [4.69, 9.17) is 10.5 Å². The number of ether oxygens (including phenoxy) is 1. The molecule has 2 aliphatic rings. The molecule has 0 aromatic carbocycles. The lowest BCUT2D eigenvalue weighted by atomic mass is 9.79. The third kappa shape index (κ3) is 3.46. The number of hydrogen-bond acceptors (Lipinski definition) is 4. The molecule has 2 saturated heterocycles. The fourth-order valence-electron chi connectivity index (χ4n) is 3.09. The van der Waals surface area contributed by atoms with Gasteiger partial charge in [0.2, 0.25) is 5.91 Å². The van der Waals surface area contributed by atoms with Gasteiger partial charge in [0.25, 0.3) is 0 Å². The molecule has 0 aromatic rings. The highest BCUT2D eigenvalue weighted by Crippen LogP contribution is 2.30.